The summed E-state index contributed by atoms with van der Waals surface area (Å²) in [6.45, 7) is 1.10. The lowest BCUT2D eigenvalue weighted by atomic mass is 10.2. The number of quaternary nitrogens is 1. The van der Waals surface area contributed by atoms with Crippen molar-refractivity contribution < 1.29 is 21.7 Å². The van der Waals surface area contributed by atoms with Gasteiger partial charge in [-0.15, -0.1) is 0 Å². The Kier molecular flexibility index (Phi) is 8.53. The average molecular weight is 246 g/mol. The Labute approximate surface area is 103 Å². The van der Waals surface area contributed by atoms with E-state index in [1.165, 1.54) is 5.56 Å². The van der Waals surface area contributed by atoms with Gasteiger partial charge in [-0.1, -0.05) is 30.3 Å². The van der Waals surface area contributed by atoms with Gasteiger partial charge in [0.2, 0.25) is 0 Å². The first kappa shape index (κ1) is 17.1. The molecule has 0 spiro atoms. The molecule has 5 heteroatoms. The van der Waals surface area contributed by atoms with Crippen LogP contribution in [0.5, 0.6) is 0 Å². The molecule has 0 aliphatic heterocycles. The largest absolute Gasteiger partial charge is 1.00 e. The van der Waals surface area contributed by atoms with Crippen LogP contribution >= 0.6 is 0 Å². The van der Waals surface area contributed by atoms with Crippen molar-refractivity contribution in [3.05, 3.63) is 35.9 Å². The molecule has 16 heavy (non-hydrogen) atoms. The van der Waals surface area contributed by atoms with Crippen molar-refractivity contribution in [2.45, 2.75) is 6.54 Å². The molecular weight excluding hydrogens is 226 g/mol. The number of hydrogen-bond donors (Lipinski definition) is 2. The Balaban J connectivity index is 0. The van der Waals surface area contributed by atoms with Crippen molar-refractivity contribution in [3.8, 4) is 0 Å². The Morgan fingerprint density at radius 3 is 1.81 bits per heavy atom. The van der Waals surface area contributed by atoms with Crippen LogP contribution in [0.4, 0.5) is 4.79 Å². The van der Waals surface area contributed by atoms with Crippen LogP contribution in [-0.2, 0) is 6.54 Å². The quantitative estimate of drug-likeness (QED) is 0.577. The molecule has 0 fully saturated rings. The Morgan fingerprint density at radius 1 is 1.12 bits per heavy atom. The number of urea groups is 1. The van der Waals surface area contributed by atoms with Crippen LogP contribution in [0.1, 0.15) is 5.56 Å². The van der Waals surface area contributed by atoms with Gasteiger partial charge in [-0.3, -0.25) is 0 Å². The minimum Gasteiger partial charge on any atom is -1.00 e. The molecule has 1 aromatic rings. The van der Waals surface area contributed by atoms with Crippen molar-refractivity contribution in [3.63, 3.8) is 0 Å². The summed E-state index contributed by atoms with van der Waals surface area (Å²) < 4.78 is 0.990. The summed E-state index contributed by atoms with van der Waals surface area (Å²) in [5.74, 6) is 0. The fourth-order valence-corrected chi connectivity index (χ4v) is 1.13. The topological polar surface area (TPSA) is 69.1 Å². The maximum absolute atomic E-state index is 9.00. The van der Waals surface area contributed by atoms with Gasteiger partial charge < -0.3 is 28.4 Å². The first-order chi connectivity index (χ1) is 6.81. The van der Waals surface area contributed by atoms with Gasteiger partial charge in [0.1, 0.15) is 6.54 Å². The second kappa shape index (κ2) is 7.96. The van der Waals surface area contributed by atoms with Gasteiger partial charge in [0, 0.05) is 5.56 Å². The number of halogens is 1. The van der Waals surface area contributed by atoms with E-state index in [1.54, 1.807) is 0 Å². The van der Waals surface area contributed by atoms with Crippen molar-refractivity contribution in [1.29, 1.82) is 0 Å². The molecule has 2 amide bonds. The number of primary amides is 2. The monoisotopic (exact) mass is 245 g/mol. The summed E-state index contributed by atoms with van der Waals surface area (Å²) >= 11 is 0. The summed E-state index contributed by atoms with van der Waals surface area (Å²) in [4.78, 5) is 9.00. The van der Waals surface area contributed by atoms with Crippen LogP contribution < -0.4 is 23.9 Å². The summed E-state index contributed by atoms with van der Waals surface area (Å²) in [7, 11) is 6.60. The van der Waals surface area contributed by atoms with Crippen molar-refractivity contribution in [1.82, 2.24) is 0 Å². The Morgan fingerprint density at radius 2 is 1.50 bits per heavy atom. The third-order valence-electron chi connectivity index (χ3n) is 1.50. The molecule has 1 aromatic carbocycles. The molecule has 0 radical (unpaired) electrons. The number of nitrogens with zero attached hydrogens (tertiary/aromatic N) is 1. The van der Waals surface area contributed by atoms with Gasteiger partial charge in [0.25, 0.3) is 0 Å². The molecule has 0 bridgehead atoms. The lowest BCUT2D eigenvalue weighted by Crippen LogP contribution is -3.00. The minimum atomic E-state index is -0.833. The number of benzene rings is 1. The molecule has 92 valence electrons. The molecular formula is C11H20ClN3O. The normalized spacial score (nSPS) is 9.44. The van der Waals surface area contributed by atoms with Gasteiger partial charge in [0.05, 0.1) is 21.1 Å². The zero-order chi connectivity index (χ0) is 11.9. The van der Waals surface area contributed by atoms with E-state index >= 15 is 0 Å². The number of carbonyl (C=O) groups is 1. The molecule has 4 N–H and O–H groups in total. The highest BCUT2D eigenvalue weighted by Crippen LogP contribution is 2.04. The maximum atomic E-state index is 9.00. The number of rotatable bonds is 2. The fourth-order valence-electron chi connectivity index (χ4n) is 1.13. The highest BCUT2D eigenvalue weighted by atomic mass is 35.5. The number of nitrogens with two attached hydrogens (primary N) is 2. The zero-order valence-corrected chi connectivity index (χ0v) is 10.7. The van der Waals surface area contributed by atoms with E-state index in [4.69, 9.17) is 4.79 Å². The molecule has 0 unspecified atom stereocenters. The molecule has 0 atom stereocenters. The van der Waals surface area contributed by atoms with Crippen LogP contribution in [0.15, 0.2) is 30.3 Å². The molecule has 0 saturated carbocycles. The summed E-state index contributed by atoms with van der Waals surface area (Å²) in [6, 6.07) is 9.74. The van der Waals surface area contributed by atoms with Gasteiger partial charge in [-0.2, -0.15) is 0 Å². The average Bonchev–Trinajstić information content (AvgIpc) is 2.01. The van der Waals surface area contributed by atoms with Crippen LogP contribution in [-0.4, -0.2) is 31.7 Å². The molecule has 0 saturated heterocycles. The van der Waals surface area contributed by atoms with Gasteiger partial charge in [-0.25, -0.2) is 4.79 Å². The first-order valence-electron chi connectivity index (χ1n) is 4.70. The third-order valence-corrected chi connectivity index (χ3v) is 1.50. The van der Waals surface area contributed by atoms with Crippen LogP contribution in [0, 0.1) is 0 Å². The lowest BCUT2D eigenvalue weighted by Gasteiger charge is -2.23. The van der Waals surface area contributed by atoms with Gasteiger partial charge >= 0.3 is 6.03 Å². The SMILES string of the molecule is C[N+](C)(C)Cc1ccccc1.NC(N)=O.[Cl-]. The summed E-state index contributed by atoms with van der Waals surface area (Å²) in [5.41, 5.74) is 9.90. The lowest BCUT2D eigenvalue weighted by molar-refractivity contribution is -0.884. The van der Waals surface area contributed by atoms with Crippen LogP contribution in [0.25, 0.3) is 0 Å². The summed E-state index contributed by atoms with van der Waals surface area (Å²) in [6.07, 6.45) is 0. The predicted octanol–water partition coefficient (Wildman–Crippen LogP) is -2.08. The van der Waals surface area contributed by atoms with Crippen LogP contribution in [0.3, 0.4) is 0 Å². The Bertz CT molecular complexity index is 292. The number of carbonyl (C=O) groups excluding carboxylic acids is 1. The number of hydrogen-bond acceptors (Lipinski definition) is 1. The maximum Gasteiger partial charge on any atom is 0.309 e. The van der Waals surface area contributed by atoms with E-state index < -0.39 is 6.03 Å². The summed E-state index contributed by atoms with van der Waals surface area (Å²) in [5, 5.41) is 0. The second-order valence-electron chi connectivity index (χ2n) is 4.34. The van der Waals surface area contributed by atoms with Crippen molar-refractivity contribution >= 4 is 6.03 Å². The molecule has 0 aliphatic rings. The third kappa shape index (κ3) is 12.7. The highest BCUT2D eigenvalue weighted by Gasteiger charge is 2.06. The predicted molar refractivity (Wildman–Crippen MR) is 61.9 cm³/mol. The molecule has 0 heterocycles. The minimum absolute atomic E-state index is 0. The molecule has 0 aromatic heterocycles. The van der Waals surface area contributed by atoms with Gasteiger partial charge in [0.15, 0.2) is 0 Å². The highest BCUT2D eigenvalue weighted by molar-refractivity contribution is 5.69. The number of amides is 2. The van der Waals surface area contributed by atoms with E-state index in [0.717, 1.165) is 11.0 Å². The zero-order valence-electron chi connectivity index (χ0n) is 9.98. The van der Waals surface area contributed by atoms with E-state index in [-0.39, 0.29) is 12.4 Å². The molecule has 4 nitrogen and oxygen atoms in total. The first-order valence-corrected chi connectivity index (χ1v) is 4.70. The van der Waals surface area contributed by atoms with Crippen molar-refractivity contribution in [2.24, 2.45) is 11.5 Å². The molecule has 0 aliphatic carbocycles. The van der Waals surface area contributed by atoms with E-state index in [1.807, 2.05) is 0 Å². The fraction of sp³-hybridized carbons (Fsp3) is 0.364. The van der Waals surface area contributed by atoms with Crippen LogP contribution in [0.2, 0.25) is 0 Å². The Hall–Kier alpha value is -1.26. The van der Waals surface area contributed by atoms with Gasteiger partial charge in [-0.05, 0) is 0 Å². The van der Waals surface area contributed by atoms with E-state index in [0.29, 0.717) is 0 Å². The van der Waals surface area contributed by atoms with Crippen molar-refractivity contribution in [2.75, 3.05) is 21.1 Å². The van der Waals surface area contributed by atoms with E-state index in [9.17, 15) is 0 Å². The smallest absolute Gasteiger partial charge is 0.309 e. The second-order valence-corrected chi connectivity index (χ2v) is 4.34. The molecule has 1 rings (SSSR count). The van der Waals surface area contributed by atoms with E-state index in [2.05, 4.69) is 62.9 Å². The standard InChI is InChI=1S/C10H16N.CH4N2O.ClH/c1-11(2,3)9-10-7-5-4-6-8-10;2-1(3)4;/h4-8H,9H2,1-3H3;(H4,2,3,4);1H/q+1;;/p-1.